The van der Waals surface area contributed by atoms with Gasteiger partial charge in [-0.25, -0.2) is 0 Å². The molecule has 1 amide bonds. The third-order valence-corrected chi connectivity index (χ3v) is 3.88. The molecule has 6 heteroatoms. The topological polar surface area (TPSA) is 69.6 Å². The van der Waals surface area contributed by atoms with Gasteiger partial charge in [-0.05, 0) is 37.5 Å². The Hall–Kier alpha value is -1.59. The van der Waals surface area contributed by atoms with Crippen LogP contribution in [0.3, 0.4) is 0 Å². The van der Waals surface area contributed by atoms with E-state index in [1.165, 1.54) is 0 Å². The summed E-state index contributed by atoms with van der Waals surface area (Å²) in [6.45, 7) is 1.92. The lowest BCUT2D eigenvalue weighted by atomic mass is 10.1. The van der Waals surface area contributed by atoms with E-state index in [0.29, 0.717) is 11.1 Å². The molecule has 0 aliphatic heterocycles. The summed E-state index contributed by atoms with van der Waals surface area (Å²) in [7, 11) is 0. The van der Waals surface area contributed by atoms with E-state index in [1.54, 1.807) is 0 Å². The van der Waals surface area contributed by atoms with Crippen LogP contribution in [0.25, 0.3) is 0 Å². The first-order valence-electron chi connectivity index (χ1n) is 6.97. The average molecular weight is 311 g/mol. The number of carbonyl (C=O) groups excluding carboxylic acids is 1. The molecule has 1 fully saturated rings. The van der Waals surface area contributed by atoms with Crippen LogP contribution in [0.15, 0.2) is 24.3 Å². The monoisotopic (exact) mass is 310 g/mol. The number of hydrogen-bond donors (Lipinski definition) is 2. The molecule has 0 saturated heterocycles. The summed E-state index contributed by atoms with van der Waals surface area (Å²) in [5.74, 6) is -1.29. The van der Waals surface area contributed by atoms with Crippen molar-refractivity contribution in [2.75, 3.05) is 13.1 Å². The van der Waals surface area contributed by atoms with Crippen molar-refractivity contribution in [2.24, 2.45) is 0 Å². The highest BCUT2D eigenvalue weighted by Crippen LogP contribution is 2.34. The number of benzene rings is 1. The Morgan fingerprint density at radius 2 is 2.00 bits per heavy atom. The zero-order chi connectivity index (χ0) is 15.4. The van der Waals surface area contributed by atoms with Gasteiger partial charge in [0.2, 0.25) is 5.91 Å². The maximum absolute atomic E-state index is 11.8. The predicted molar refractivity (Wildman–Crippen MR) is 80.2 cm³/mol. The van der Waals surface area contributed by atoms with Gasteiger partial charge in [-0.2, -0.15) is 0 Å². The summed E-state index contributed by atoms with van der Waals surface area (Å²) >= 11 is 5.89. The number of halogens is 1. The molecule has 0 aromatic heterocycles. The van der Waals surface area contributed by atoms with Crippen molar-refractivity contribution in [3.05, 3.63) is 34.9 Å². The van der Waals surface area contributed by atoms with Crippen LogP contribution >= 0.6 is 11.6 Å². The largest absolute Gasteiger partial charge is 0.480 e. The molecule has 1 atom stereocenters. The second kappa shape index (κ2) is 6.91. The number of aliphatic carboxylic acids is 1. The SMILES string of the molecule is CC(c1ccc(Cl)cc1)N(CC(=O)NCC(=O)O)C1CC1. The van der Waals surface area contributed by atoms with Crippen molar-refractivity contribution in [2.45, 2.75) is 31.8 Å². The summed E-state index contributed by atoms with van der Waals surface area (Å²) in [5, 5.41) is 11.7. The second-order valence-corrected chi connectivity index (χ2v) is 5.74. The highest BCUT2D eigenvalue weighted by molar-refractivity contribution is 6.30. The van der Waals surface area contributed by atoms with Crippen LogP contribution in [0.1, 0.15) is 31.4 Å². The fraction of sp³-hybridized carbons (Fsp3) is 0.467. The first-order valence-corrected chi connectivity index (χ1v) is 7.35. The van der Waals surface area contributed by atoms with Crippen molar-refractivity contribution >= 4 is 23.5 Å². The first kappa shape index (κ1) is 15.8. The molecule has 0 heterocycles. The summed E-state index contributed by atoms with van der Waals surface area (Å²) in [6, 6.07) is 8.07. The number of rotatable bonds is 7. The number of carboxylic acids is 1. The van der Waals surface area contributed by atoms with Crippen LogP contribution in [0.2, 0.25) is 5.02 Å². The molecule has 2 rings (SSSR count). The van der Waals surface area contributed by atoms with E-state index in [4.69, 9.17) is 16.7 Å². The van der Waals surface area contributed by atoms with Gasteiger partial charge in [0.15, 0.2) is 0 Å². The van der Waals surface area contributed by atoms with E-state index in [1.807, 2.05) is 31.2 Å². The molecule has 1 aliphatic rings. The standard InChI is InChI=1S/C15H19ClN2O3/c1-10(11-2-4-12(16)5-3-11)18(13-6-7-13)9-14(19)17-8-15(20)21/h2-5,10,13H,6-9H2,1H3,(H,17,19)(H,20,21). The average Bonchev–Trinajstić information content (AvgIpc) is 3.27. The van der Waals surface area contributed by atoms with Crippen LogP contribution < -0.4 is 5.32 Å². The van der Waals surface area contributed by atoms with E-state index in [0.717, 1.165) is 18.4 Å². The third-order valence-electron chi connectivity index (χ3n) is 3.63. The van der Waals surface area contributed by atoms with Gasteiger partial charge in [0.25, 0.3) is 0 Å². The lowest BCUT2D eigenvalue weighted by molar-refractivity contribution is -0.138. The molecule has 1 aliphatic carbocycles. The molecular weight excluding hydrogens is 292 g/mol. The van der Waals surface area contributed by atoms with Gasteiger partial charge < -0.3 is 10.4 Å². The quantitative estimate of drug-likeness (QED) is 0.809. The van der Waals surface area contributed by atoms with Crippen LogP contribution in [-0.2, 0) is 9.59 Å². The Morgan fingerprint density at radius 3 is 2.52 bits per heavy atom. The Kier molecular flexibility index (Phi) is 5.20. The number of amides is 1. The maximum atomic E-state index is 11.8. The highest BCUT2D eigenvalue weighted by atomic mass is 35.5. The minimum Gasteiger partial charge on any atom is -0.480 e. The third kappa shape index (κ3) is 4.72. The zero-order valence-corrected chi connectivity index (χ0v) is 12.6. The van der Waals surface area contributed by atoms with Crippen molar-refractivity contribution in [3.8, 4) is 0 Å². The van der Waals surface area contributed by atoms with Crippen molar-refractivity contribution < 1.29 is 14.7 Å². The lowest BCUT2D eigenvalue weighted by Crippen LogP contribution is -2.41. The molecule has 0 spiro atoms. The number of nitrogens with one attached hydrogen (secondary N) is 1. The summed E-state index contributed by atoms with van der Waals surface area (Å²) < 4.78 is 0. The maximum Gasteiger partial charge on any atom is 0.322 e. The van der Waals surface area contributed by atoms with E-state index in [2.05, 4.69) is 10.2 Å². The van der Waals surface area contributed by atoms with Crippen molar-refractivity contribution in [1.29, 1.82) is 0 Å². The normalized spacial score (nSPS) is 15.8. The molecule has 1 saturated carbocycles. The lowest BCUT2D eigenvalue weighted by Gasteiger charge is -2.28. The van der Waals surface area contributed by atoms with Crippen LogP contribution in [0.4, 0.5) is 0 Å². The van der Waals surface area contributed by atoms with Gasteiger partial charge in [-0.15, -0.1) is 0 Å². The zero-order valence-electron chi connectivity index (χ0n) is 11.9. The number of nitrogens with zero attached hydrogens (tertiary/aromatic N) is 1. The van der Waals surface area contributed by atoms with Crippen LogP contribution in [0, 0.1) is 0 Å². The van der Waals surface area contributed by atoms with Gasteiger partial charge in [-0.3, -0.25) is 14.5 Å². The van der Waals surface area contributed by atoms with E-state index in [-0.39, 0.29) is 25.0 Å². The first-order chi connectivity index (χ1) is 9.97. The van der Waals surface area contributed by atoms with Crippen molar-refractivity contribution in [1.82, 2.24) is 10.2 Å². The molecular formula is C15H19ClN2O3. The second-order valence-electron chi connectivity index (χ2n) is 5.30. The molecule has 1 aromatic rings. The van der Waals surface area contributed by atoms with E-state index in [9.17, 15) is 9.59 Å². The van der Waals surface area contributed by atoms with E-state index >= 15 is 0 Å². The summed E-state index contributed by atoms with van der Waals surface area (Å²) in [6.07, 6.45) is 2.15. The molecule has 21 heavy (non-hydrogen) atoms. The molecule has 5 nitrogen and oxygen atoms in total. The highest BCUT2D eigenvalue weighted by Gasteiger charge is 2.33. The number of carbonyl (C=O) groups is 2. The van der Waals surface area contributed by atoms with Gasteiger partial charge in [0, 0.05) is 17.1 Å². The van der Waals surface area contributed by atoms with Gasteiger partial charge in [-0.1, -0.05) is 23.7 Å². The fourth-order valence-corrected chi connectivity index (χ4v) is 2.44. The molecule has 1 aromatic carbocycles. The Morgan fingerprint density at radius 1 is 1.38 bits per heavy atom. The Balaban J connectivity index is 1.99. The van der Waals surface area contributed by atoms with Gasteiger partial charge >= 0.3 is 5.97 Å². The molecule has 2 N–H and O–H groups in total. The molecule has 0 radical (unpaired) electrons. The molecule has 114 valence electrons. The summed E-state index contributed by atoms with van der Waals surface area (Å²) in [4.78, 5) is 24.4. The number of carboxylic acid groups (broad SMARTS) is 1. The summed E-state index contributed by atoms with van der Waals surface area (Å²) in [5.41, 5.74) is 1.09. The molecule has 1 unspecified atom stereocenters. The molecule has 0 bridgehead atoms. The predicted octanol–water partition coefficient (Wildman–Crippen LogP) is 2.07. The van der Waals surface area contributed by atoms with Gasteiger partial charge in [0.1, 0.15) is 6.54 Å². The smallest absolute Gasteiger partial charge is 0.322 e. The number of hydrogen-bond acceptors (Lipinski definition) is 3. The fourth-order valence-electron chi connectivity index (χ4n) is 2.32. The minimum atomic E-state index is -1.04. The van der Waals surface area contributed by atoms with E-state index < -0.39 is 5.97 Å². The van der Waals surface area contributed by atoms with Crippen LogP contribution in [-0.4, -0.2) is 41.0 Å². The minimum absolute atomic E-state index is 0.0883. The Labute approximate surface area is 128 Å². The van der Waals surface area contributed by atoms with Gasteiger partial charge in [0.05, 0.1) is 6.54 Å². The Bertz CT molecular complexity index is 514. The van der Waals surface area contributed by atoms with Crippen LogP contribution in [0.5, 0.6) is 0 Å². The van der Waals surface area contributed by atoms with Crippen molar-refractivity contribution in [3.63, 3.8) is 0 Å².